The molecule has 10 nitrogen and oxygen atoms in total. The fourth-order valence-corrected chi connectivity index (χ4v) is 7.17. The molecule has 0 N–H and O–H groups in total. The van der Waals surface area contributed by atoms with Crippen LogP contribution in [0.3, 0.4) is 0 Å². The Morgan fingerprint density at radius 2 is 0.271 bits per heavy atom. The highest BCUT2D eigenvalue weighted by Crippen LogP contribution is 2.11. The number of rotatable bonds is 45. The molecule has 0 amide bonds. The van der Waals surface area contributed by atoms with Crippen molar-refractivity contribution in [3.05, 3.63) is 0 Å². The molecule has 0 bridgehead atoms. The van der Waals surface area contributed by atoms with Gasteiger partial charge in [0, 0.05) is 57.8 Å². The Kier molecular flexibility index (Phi) is 121. The van der Waals surface area contributed by atoms with Crippen molar-refractivity contribution in [2.45, 2.75) is 427 Å². The Balaban J connectivity index is -0.0000000934. The first-order chi connectivity index (χ1) is 40.2. The zero-order valence-corrected chi connectivity index (χ0v) is 60.9. The molecule has 0 radical (unpaired) electrons. The van der Waals surface area contributed by atoms with E-state index in [1.807, 2.05) is 13.8 Å². The molecule has 10 heteroatoms. The summed E-state index contributed by atoms with van der Waals surface area (Å²) in [4.78, 5) is 102. The highest BCUT2D eigenvalue weighted by Gasteiger charge is 1.97. The smallest absolute Gasteiger partial charge is 0.129 e. The van der Waals surface area contributed by atoms with Gasteiger partial charge in [-0.2, -0.15) is 0 Å². The molecule has 0 aliphatic carbocycles. The van der Waals surface area contributed by atoms with Gasteiger partial charge in [0.1, 0.15) is 57.8 Å². The van der Waals surface area contributed by atoms with E-state index in [0.29, 0.717) is 46.9 Å². The average molecular weight is 1210 g/mol. The Hall–Kier alpha value is -3.30. The minimum Gasteiger partial charge on any atom is -0.300 e. The second-order valence-corrected chi connectivity index (χ2v) is 23.5. The molecule has 0 fully saturated rings. The lowest BCUT2D eigenvalue weighted by Crippen LogP contribution is -1.89. The van der Waals surface area contributed by atoms with Crippen molar-refractivity contribution in [2.75, 3.05) is 0 Å². The molecular weight excluding hydrogens is 1060 g/mol. The largest absolute Gasteiger partial charge is 0.300 e. The average Bonchev–Trinajstić information content (AvgIpc) is 3.41. The summed E-state index contributed by atoms with van der Waals surface area (Å²) in [5.41, 5.74) is 0. The van der Waals surface area contributed by atoms with Crippen molar-refractivity contribution in [3.8, 4) is 0 Å². The molecule has 0 aliphatic rings. The fourth-order valence-electron chi connectivity index (χ4n) is 7.17. The Labute approximate surface area is 530 Å². The van der Waals surface area contributed by atoms with Crippen molar-refractivity contribution < 1.29 is 47.9 Å². The Morgan fingerprint density at radius 1 is 0.153 bits per heavy atom. The third-order valence-corrected chi connectivity index (χ3v) is 12.5. The van der Waals surface area contributed by atoms with Gasteiger partial charge in [-0.25, -0.2) is 0 Å². The van der Waals surface area contributed by atoms with E-state index in [2.05, 4.69) is 48.5 Å². The normalized spacial score (nSPS) is 9.41. The number of carbonyl (C=O) groups is 10. The van der Waals surface area contributed by atoms with Crippen LogP contribution in [0.2, 0.25) is 0 Å². The quantitative estimate of drug-likeness (QED) is 0.0535. The molecule has 0 aromatic heterocycles. The maximum absolute atomic E-state index is 10.6. The minimum absolute atomic E-state index is 0.167. The van der Waals surface area contributed by atoms with Crippen LogP contribution in [0.15, 0.2) is 0 Å². The summed E-state index contributed by atoms with van der Waals surface area (Å²) in [6, 6.07) is 0. The zero-order chi connectivity index (χ0) is 67.6. The fraction of sp³-hybridized carbons (Fsp3) is 0.867. The lowest BCUT2D eigenvalue weighted by molar-refractivity contribution is -0.117. The first kappa shape index (κ1) is 103. The van der Waals surface area contributed by atoms with Gasteiger partial charge in [0.25, 0.3) is 0 Å². The van der Waals surface area contributed by atoms with Gasteiger partial charge < -0.3 is 47.9 Å². The predicted octanol–water partition coefficient (Wildman–Crippen LogP) is 23.5. The molecule has 0 saturated heterocycles. The van der Waals surface area contributed by atoms with Crippen LogP contribution in [-0.2, 0) is 47.9 Å². The number of carbonyl (C=O) groups excluding carboxylic acids is 10. The molecular formula is C75H150O10. The Bertz CT molecular complexity index is 1410. The zero-order valence-electron chi connectivity index (χ0n) is 60.9. The highest BCUT2D eigenvalue weighted by molar-refractivity contribution is 5.77. The highest BCUT2D eigenvalue weighted by atomic mass is 16.2. The van der Waals surface area contributed by atoms with E-state index in [0.717, 1.165) is 109 Å². The first-order valence-corrected chi connectivity index (χ1v) is 35.1. The number of unbranched alkanes of at least 4 members (excludes halogenated alkanes) is 28. The van der Waals surface area contributed by atoms with Crippen molar-refractivity contribution in [3.63, 3.8) is 0 Å². The van der Waals surface area contributed by atoms with E-state index in [4.69, 9.17) is 0 Å². The molecule has 510 valence electrons. The van der Waals surface area contributed by atoms with Crippen molar-refractivity contribution in [1.29, 1.82) is 0 Å². The van der Waals surface area contributed by atoms with E-state index in [-0.39, 0.29) is 17.3 Å². The minimum atomic E-state index is 0.167. The Morgan fingerprint density at radius 3 is 0.388 bits per heavy atom. The molecule has 0 atom stereocenters. The van der Waals surface area contributed by atoms with Gasteiger partial charge >= 0.3 is 0 Å². The lowest BCUT2D eigenvalue weighted by atomic mass is 10.1. The van der Waals surface area contributed by atoms with Crippen molar-refractivity contribution in [2.24, 2.45) is 0 Å². The van der Waals surface area contributed by atoms with Gasteiger partial charge in [-0.3, -0.25) is 0 Å². The van der Waals surface area contributed by atoms with Gasteiger partial charge in [-0.1, -0.05) is 242 Å². The molecule has 0 aromatic rings. The van der Waals surface area contributed by atoms with E-state index in [9.17, 15) is 47.9 Å². The van der Waals surface area contributed by atoms with E-state index >= 15 is 0 Å². The summed E-state index contributed by atoms with van der Waals surface area (Å²) in [5.74, 6) is 3.00. The molecule has 0 unspecified atom stereocenters. The SMILES string of the molecule is CC(C)=O.CCC(C)=O.CCCC(C)=O.CCCCC(C)=O.CCCCCC(C)=O.CCCCCCC(C)=O.CCCCCCCC(C)=O.CCCCCCCCC(C)=O.CCCCCCCCCC(C)=O.CCCCCCCCCCC(C)=O. The third-order valence-electron chi connectivity index (χ3n) is 12.5. The lowest BCUT2D eigenvalue weighted by Gasteiger charge is -1.99. The van der Waals surface area contributed by atoms with Gasteiger partial charge in [-0.05, 0) is 128 Å². The molecule has 0 aromatic carbocycles. The van der Waals surface area contributed by atoms with Crippen LogP contribution in [0.25, 0.3) is 0 Å². The summed E-state index contributed by atoms with van der Waals surface area (Å²) >= 11 is 0. The van der Waals surface area contributed by atoms with Crippen LogP contribution in [0.5, 0.6) is 0 Å². The van der Waals surface area contributed by atoms with E-state index in [1.54, 1.807) is 62.3 Å². The molecule has 85 heavy (non-hydrogen) atoms. The predicted molar refractivity (Wildman–Crippen MR) is 371 cm³/mol. The van der Waals surface area contributed by atoms with Crippen LogP contribution >= 0.6 is 0 Å². The van der Waals surface area contributed by atoms with Gasteiger partial charge in [0.2, 0.25) is 0 Å². The van der Waals surface area contributed by atoms with Crippen molar-refractivity contribution in [1.82, 2.24) is 0 Å². The van der Waals surface area contributed by atoms with Crippen LogP contribution in [0.4, 0.5) is 0 Å². The summed E-state index contributed by atoms with van der Waals surface area (Å²) in [7, 11) is 0. The number of ketones is 10. The topological polar surface area (TPSA) is 171 Å². The van der Waals surface area contributed by atoms with Gasteiger partial charge in [-0.15, -0.1) is 0 Å². The number of hydrogen-bond donors (Lipinski definition) is 0. The molecule has 0 saturated carbocycles. The maximum Gasteiger partial charge on any atom is 0.129 e. The number of Topliss-reactive ketones (excluding diaryl/α,β-unsaturated/α-hetero) is 10. The molecule has 0 rings (SSSR count). The van der Waals surface area contributed by atoms with E-state index in [1.165, 1.54) is 187 Å². The summed E-state index contributed by atoms with van der Waals surface area (Å²) in [6.45, 7) is 37.0. The van der Waals surface area contributed by atoms with Crippen LogP contribution in [0, 0.1) is 0 Å². The standard InChI is InChI=1S/C12H24O.C11H22O.C10H20O.C9H18O.C8H16O.C7H14O.C6H12O.C5H10O.C4H8O.C3H6O/c1-3-4-5-6-7-8-9-10-11-12(2)13;1-3-4-5-6-7-8-9-10-11(2)12;1-3-4-5-6-7-8-9-10(2)11;1-3-4-5-6-7-8-9(2)10;1-3-4-5-6-7-8(2)9;1-3-4-5-6-7(2)8;1-3-4-5-6(2)7;1-3-4-5(2)6;1-3-4(2)5;1-3(2)4/h3-11H2,1-2H3;3-10H2,1-2H3;3-9H2,1-2H3;3-8H2,1-2H3;3-7H2,1-2H3;3-6H2,1-2H3;3-5H2,1-2H3;3-4H2,1-2H3;3H2,1-2H3;1-2H3. The summed E-state index contributed by atoms with van der Waals surface area (Å²) < 4.78 is 0. The monoisotopic (exact) mass is 1210 g/mol. The van der Waals surface area contributed by atoms with E-state index < -0.39 is 0 Å². The molecule has 0 aliphatic heterocycles. The molecule has 0 heterocycles. The van der Waals surface area contributed by atoms with Crippen LogP contribution in [-0.4, -0.2) is 57.8 Å². The second-order valence-electron chi connectivity index (χ2n) is 23.5. The van der Waals surface area contributed by atoms with Crippen LogP contribution in [0.1, 0.15) is 427 Å². The second kappa shape index (κ2) is 99.7. The van der Waals surface area contributed by atoms with Gasteiger partial charge in [0.05, 0.1) is 0 Å². The number of hydrogen-bond acceptors (Lipinski definition) is 10. The van der Waals surface area contributed by atoms with Crippen LogP contribution < -0.4 is 0 Å². The summed E-state index contributed by atoms with van der Waals surface area (Å²) in [5, 5.41) is 0. The third kappa shape index (κ3) is 194. The summed E-state index contributed by atoms with van der Waals surface area (Å²) in [6.07, 6.45) is 51.7. The molecule has 0 spiro atoms. The van der Waals surface area contributed by atoms with Crippen molar-refractivity contribution >= 4 is 57.8 Å². The first-order valence-electron chi connectivity index (χ1n) is 35.1. The van der Waals surface area contributed by atoms with Gasteiger partial charge in [0.15, 0.2) is 0 Å². The maximum atomic E-state index is 10.6.